The van der Waals surface area contributed by atoms with Gasteiger partial charge in [-0.25, -0.2) is 0 Å². The molecule has 2 nitrogen and oxygen atoms in total. The summed E-state index contributed by atoms with van der Waals surface area (Å²) in [5.74, 6) is 2.93. The van der Waals surface area contributed by atoms with Crippen molar-refractivity contribution in [2.75, 3.05) is 0 Å². The number of rotatable bonds is 0. The van der Waals surface area contributed by atoms with Crippen LogP contribution in [-0.4, -0.2) is 39.5 Å². The zero-order valence-corrected chi connectivity index (χ0v) is 18.8. The third kappa shape index (κ3) is 11.5. The molecule has 132 valence electrons. The van der Waals surface area contributed by atoms with Gasteiger partial charge in [-0.05, 0) is 49.4 Å². The van der Waals surface area contributed by atoms with E-state index in [4.69, 9.17) is 12.8 Å². The number of halogens is 1. The molecule has 0 amide bonds. The quantitative estimate of drug-likeness (QED) is 0.369. The van der Waals surface area contributed by atoms with Gasteiger partial charge in [0.25, 0.3) is 0 Å². The van der Waals surface area contributed by atoms with Crippen LogP contribution in [0.1, 0.15) is 79.1 Å². The van der Waals surface area contributed by atoms with E-state index in [9.17, 15) is 9.90 Å². The second kappa shape index (κ2) is 12.4. The number of carbonyl (C=O) groups excluding carboxylic acids is 1. The third-order valence-corrected chi connectivity index (χ3v) is 4.86. The van der Waals surface area contributed by atoms with Crippen LogP contribution in [-0.2, 0) is 4.79 Å². The SMILES string of the molecule is C#CC1(O)CCC(C)(C)CC1.CC1(C)CCC(=O)CC1.[Br-].[C-]#C.[Mg+2]. The number of Topliss-reactive ketones (excluding diaryl/α,β-unsaturated/α-hetero) is 1. The Bertz CT molecular complexity index is 411. The summed E-state index contributed by atoms with van der Waals surface area (Å²) in [6.45, 7) is 8.92. The first-order valence-electron chi connectivity index (χ1n) is 8.08. The van der Waals surface area contributed by atoms with Gasteiger partial charge >= 0.3 is 23.1 Å². The molecule has 2 aliphatic carbocycles. The zero-order chi connectivity index (χ0) is 17.4. The van der Waals surface area contributed by atoms with Crippen LogP contribution in [0.15, 0.2) is 0 Å². The molecule has 0 heterocycles. The van der Waals surface area contributed by atoms with Crippen molar-refractivity contribution in [2.24, 2.45) is 10.8 Å². The number of hydrogen-bond donors (Lipinski definition) is 1. The molecule has 2 aliphatic rings. The summed E-state index contributed by atoms with van der Waals surface area (Å²) in [7, 11) is 0. The zero-order valence-electron chi connectivity index (χ0n) is 15.8. The molecule has 0 spiro atoms. The monoisotopic (exact) mass is 406 g/mol. The average Bonchev–Trinajstić information content (AvgIpc) is 2.49. The Kier molecular flexibility index (Phi) is 14.8. The number of carbonyl (C=O) groups is 1. The molecule has 0 aromatic carbocycles. The Labute approximate surface area is 175 Å². The van der Waals surface area contributed by atoms with Gasteiger partial charge in [-0.15, -0.1) is 6.42 Å². The van der Waals surface area contributed by atoms with Gasteiger partial charge in [0, 0.05) is 12.8 Å². The minimum absolute atomic E-state index is 0. The average molecular weight is 408 g/mol. The minimum Gasteiger partial charge on any atom is -1.00 e. The Hall–Kier alpha value is -0.00377. The van der Waals surface area contributed by atoms with E-state index in [-0.39, 0.29) is 40.0 Å². The summed E-state index contributed by atoms with van der Waals surface area (Å²) in [6, 6.07) is 0. The number of ketones is 1. The van der Waals surface area contributed by atoms with E-state index < -0.39 is 5.60 Å². The van der Waals surface area contributed by atoms with Crippen molar-refractivity contribution in [3.63, 3.8) is 0 Å². The number of terminal acetylenes is 2. The molecule has 1 N–H and O–H groups in total. The maximum atomic E-state index is 10.8. The van der Waals surface area contributed by atoms with Crippen molar-refractivity contribution >= 4 is 28.8 Å². The van der Waals surface area contributed by atoms with Crippen LogP contribution in [0.2, 0.25) is 0 Å². The largest absolute Gasteiger partial charge is 2.00 e. The van der Waals surface area contributed by atoms with Crippen molar-refractivity contribution in [3.8, 4) is 18.8 Å². The number of hydrogen-bond acceptors (Lipinski definition) is 2. The predicted octanol–water partition coefficient (Wildman–Crippen LogP) is 0.936. The van der Waals surface area contributed by atoms with Crippen LogP contribution in [0.3, 0.4) is 0 Å². The maximum Gasteiger partial charge on any atom is 2.00 e. The molecule has 0 atom stereocenters. The topological polar surface area (TPSA) is 37.3 Å². The second-order valence-electron chi connectivity index (χ2n) is 8.04. The normalized spacial score (nSPS) is 22.5. The first kappa shape index (κ1) is 28.8. The summed E-state index contributed by atoms with van der Waals surface area (Å²) in [5, 5.41) is 9.68. The van der Waals surface area contributed by atoms with Crippen LogP contribution in [0, 0.1) is 36.0 Å². The van der Waals surface area contributed by atoms with Crippen molar-refractivity contribution in [1.29, 1.82) is 0 Å². The summed E-state index contributed by atoms with van der Waals surface area (Å²) in [4.78, 5) is 10.8. The molecule has 0 aromatic heterocycles. The van der Waals surface area contributed by atoms with Gasteiger partial charge in [0.15, 0.2) is 0 Å². The predicted molar refractivity (Wildman–Crippen MR) is 97.2 cm³/mol. The molecular formula is C20H31BrMgO2. The molecular weight excluding hydrogens is 376 g/mol. The smallest absolute Gasteiger partial charge is 1.00 e. The van der Waals surface area contributed by atoms with Gasteiger partial charge in [-0.3, -0.25) is 4.79 Å². The molecule has 0 saturated heterocycles. The molecule has 0 radical (unpaired) electrons. The fourth-order valence-corrected chi connectivity index (χ4v) is 2.69. The van der Waals surface area contributed by atoms with Crippen molar-refractivity contribution < 1.29 is 26.9 Å². The fraction of sp³-hybridized carbons (Fsp3) is 0.750. The molecule has 0 aliphatic heterocycles. The standard InChI is InChI=1S/C10H16O.C8H14O.C2H.BrH.Mg/c1-4-10(11)7-5-9(2,3)6-8-10;1-8(2)5-3-7(9)4-6-8;1-2;;/h1,11H,5-8H2,2-3H3;3-6H2,1-2H3;1H;1H;/q;;-1;;+2/p-1. The minimum atomic E-state index is -0.796. The fourth-order valence-electron chi connectivity index (χ4n) is 2.69. The van der Waals surface area contributed by atoms with E-state index in [1.54, 1.807) is 0 Å². The Morgan fingerprint density at radius 2 is 1.25 bits per heavy atom. The first-order valence-corrected chi connectivity index (χ1v) is 8.08. The molecule has 24 heavy (non-hydrogen) atoms. The van der Waals surface area contributed by atoms with Crippen LogP contribution in [0.4, 0.5) is 0 Å². The molecule has 2 fully saturated rings. The molecule has 0 unspecified atom stereocenters. The van der Waals surface area contributed by atoms with Crippen molar-refractivity contribution in [1.82, 2.24) is 0 Å². The first-order chi connectivity index (χ1) is 10.1. The Morgan fingerprint density at radius 3 is 1.54 bits per heavy atom. The van der Waals surface area contributed by atoms with E-state index in [1.165, 1.54) is 0 Å². The summed E-state index contributed by atoms with van der Waals surface area (Å²) in [5.41, 5.74) is 0.0203. The molecule has 2 saturated carbocycles. The third-order valence-electron chi connectivity index (χ3n) is 4.86. The molecule has 2 rings (SSSR count). The molecule has 0 bridgehead atoms. The van der Waals surface area contributed by atoms with Crippen LogP contribution in [0.5, 0.6) is 0 Å². The van der Waals surface area contributed by atoms with E-state index >= 15 is 0 Å². The summed E-state index contributed by atoms with van der Waals surface area (Å²) < 4.78 is 0. The van der Waals surface area contributed by atoms with Gasteiger partial charge in [-0.2, -0.15) is 0 Å². The van der Waals surface area contributed by atoms with Crippen LogP contribution >= 0.6 is 0 Å². The summed E-state index contributed by atoms with van der Waals surface area (Å²) in [6.07, 6.45) is 21.6. The van der Waals surface area contributed by atoms with Gasteiger partial charge in [0.2, 0.25) is 0 Å². The Morgan fingerprint density at radius 1 is 0.917 bits per heavy atom. The van der Waals surface area contributed by atoms with Gasteiger partial charge in [0.05, 0.1) is 0 Å². The van der Waals surface area contributed by atoms with Gasteiger partial charge < -0.3 is 34.9 Å². The van der Waals surface area contributed by atoms with E-state index in [0.29, 0.717) is 16.6 Å². The number of aliphatic hydroxyl groups is 1. The molecule has 0 aromatic rings. The maximum absolute atomic E-state index is 10.8. The van der Waals surface area contributed by atoms with Gasteiger partial charge in [0.1, 0.15) is 11.4 Å². The Balaban J connectivity index is -0.000000313. The van der Waals surface area contributed by atoms with Gasteiger partial charge in [-0.1, -0.05) is 33.6 Å². The van der Waals surface area contributed by atoms with E-state index in [2.05, 4.69) is 40.0 Å². The van der Waals surface area contributed by atoms with E-state index in [1.807, 2.05) is 0 Å². The van der Waals surface area contributed by atoms with Crippen molar-refractivity contribution in [3.05, 3.63) is 6.42 Å². The van der Waals surface area contributed by atoms with Crippen molar-refractivity contribution in [2.45, 2.75) is 84.7 Å². The van der Waals surface area contributed by atoms with E-state index in [0.717, 1.165) is 51.4 Å². The van der Waals surface area contributed by atoms with Crippen LogP contribution in [0.25, 0.3) is 0 Å². The second-order valence-corrected chi connectivity index (χ2v) is 8.04. The molecule has 4 heteroatoms. The summed E-state index contributed by atoms with van der Waals surface area (Å²) >= 11 is 0. The van der Waals surface area contributed by atoms with Crippen LogP contribution < -0.4 is 17.0 Å².